The monoisotopic (exact) mass is 370 g/mol. The molecule has 0 fully saturated rings. The zero-order valence-electron chi connectivity index (χ0n) is 16.5. The van der Waals surface area contributed by atoms with Crippen LogP contribution in [-0.2, 0) is 4.84 Å². The van der Waals surface area contributed by atoms with Crippen molar-refractivity contribution < 1.29 is 19.0 Å². The van der Waals surface area contributed by atoms with Crippen molar-refractivity contribution in [3.05, 3.63) is 59.4 Å². The van der Waals surface area contributed by atoms with Crippen molar-refractivity contribution in [1.82, 2.24) is 4.98 Å². The molecular formula is C21H26N2O4. The summed E-state index contributed by atoms with van der Waals surface area (Å²) in [7, 11) is 1.50. The minimum Gasteiger partial charge on any atom is -0.490 e. The number of aryl methyl sites for hydroxylation is 2. The molecule has 6 heteroatoms. The Balaban J connectivity index is 1.94. The van der Waals surface area contributed by atoms with Crippen LogP contribution < -0.4 is 14.2 Å². The quantitative estimate of drug-likeness (QED) is 0.283. The Morgan fingerprint density at radius 1 is 1.07 bits per heavy atom. The molecule has 0 atom stereocenters. The van der Waals surface area contributed by atoms with Crippen molar-refractivity contribution in [2.75, 3.05) is 20.5 Å². The van der Waals surface area contributed by atoms with E-state index in [0.29, 0.717) is 18.1 Å². The SMILES string of the molecule is C/C=C/COc1cc(C)c(OCOc2ccc(C(C)=NOC)nc2)c(C)c1. The number of allylic oxidation sites excluding steroid dienone is 1. The lowest BCUT2D eigenvalue weighted by atomic mass is 10.1. The first kappa shape index (κ1) is 20.3. The van der Waals surface area contributed by atoms with E-state index < -0.39 is 0 Å². The first-order valence-corrected chi connectivity index (χ1v) is 8.70. The van der Waals surface area contributed by atoms with E-state index in [9.17, 15) is 0 Å². The summed E-state index contributed by atoms with van der Waals surface area (Å²) in [5.74, 6) is 2.23. The molecule has 0 saturated heterocycles. The molecule has 0 aliphatic heterocycles. The minimum absolute atomic E-state index is 0.0899. The van der Waals surface area contributed by atoms with Crippen LogP contribution in [0.15, 0.2) is 47.8 Å². The average molecular weight is 370 g/mol. The molecule has 0 spiro atoms. The Labute approximate surface area is 160 Å². The number of ether oxygens (including phenoxy) is 3. The third kappa shape index (κ3) is 6.02. The van der Waals surface area contributed by atoms with Gasteiger partial charge >= 0.3 is 0 Å². The Bertz CT molecular complexity index is 775. The third-order valence-corrected chi connectivity index (χ3v) is 3.78. The maximum Gasteiger partial charge on any atom is 0.230 e. The van der Waals surface area contributed by atoms with Gasteiger partial charge in [-0.3, -0.25) is 4.98 Å². The van der Waals surface area contributed by atoms with Gasteiger partial charge in [-0.05, 0) is 63.1 Å². The lowest BCUT2D eigenvalue weighted by Crippen LogP contribution is -2.08. The van der Waals surface area contributed by atoms with Crippen molar-refractivity contribution in [3.8, 4) is 17.2 Å². The Kier molecular flexibility index (Phi) is 7.67. The standard InChI is InChI=1S/C21H26N2O4/c1-6-7-10-25-19-11-15(2)21(16(3)12-19)27-14-26-18-8-9-20(22-13-18)17(4)23-24-5/h6-9,11-13H,10,14H2,1-5H3/b7-6+,23-17?. The lowest BCUT2D eigenvalue weighted by Gasteiger charge is -2.15. The van der Waals surface area contributed by atoms with E-state index in [1.807, 2.05) is 64.1 Å². The van der Waals surface area contributed by atoms with Crippen LogP contribution in [0.1, 0.15) is 30.7 Å². The van der Waals surface area contributed by atoms with E-state index in [1.54, 1.807) is 6.20 Å². The molecule has 1 aromatic heterocycles. The highest BCUT2D eigenvalue weighted by Crippen LogP contribution is 2.28. The summed E-state index contributed by atoms with van der Waals surface area (Å²) in [6.45, 7) is 8.41. The second kappa shape index (κ2) is 10.2. The highest BCUT2D eigenvalue weighted by Gasteiger charge is 2.08. The summed E-state index contributed by atoms with van der Waals surface area (Å²) in [6.07, 6.45) is 5.55. The van der Waals surface area contributed by atoms with Crippen LogP contribution in [0.5, 0.6) is 17.2 Å². The van der Waals surface area contributed by atoms with E-state index in [2.05, 4.69) is 10.1 Å². The molecule has 0 aliphatic carbocycles. The van der Waals surface area contributed by atoms with Gasteiger partial charge in [0.15, 0.2) is 0 Å². The number of aromatic nitrogens is 1. The number of benzene rings is 1. The van der Waals surface area contributed by atoms with Gasteiger partial charge in [-0.15, -0.1) is 0 Å². The van der Waals surface area contributed by atoms with Gasteiger partial charge in [-0.25, -0.2) is 0 Å². The van der Waals surface area contributed by atoms with Crippen molar-refractivity contribution in [2.24, 2.45) is 5.16 Å². The fraction of sp³-hybridized carbons (Fsp3) is 0.333. The molecule has 0 N–H and O–H groups in total. The first-order valence-electron chi connectivity index (χ1n) is 8.70. The molecule has 0 radical (unpaired) electrons. The molecule has 144 valence electrons. The van der Waals surface area contributed by atoms with Gasteiger partial charge in [0, 0.05) is 0 Å². The summed E-state index contributed by atoms with van der Waals surface area (Å²) in [4.78, 5) is 9.04. The van der Waals surface area contributed by atoms with Crippen molar-refractivity contribution in [2.45, 2.75) is 27.7 Å². The summed E-state index contributed by atoms with van der Waals surface area (Å²) >= 11 is 0. The molecule has 0 bridgehead atoms. The van der Waals surface area contributed by atoms with Gasteiger partial charge in [0.2, 0.25) is 6.79 Å². The largest absolute Gasteiger partial charge is 0.490 e. The van der Waals surface area contributed by atoms with E-state index in [1.165, 1.54) is 7.11 Å². The summed E-state index contributed by atoms with van der Waals surface area (Å²) in [5.41, 5.74) is 3.41. The Morgan fingerprint density at radius 2 is 1.81 bits per heavy atom. The van der Waals surface area contributed by atoms with Gasteiger partial charge in [-0.1, -0.05) is 17.3 Å². The zero-order valence-corrected chi connectivity index (χ0v) is 16.5. The molecule has 6 nitrogen and oxygen atoms in total. The zero-order chi connectivity index (χ0) is 19.6. The normalized spacial score (nSPS) is 11.5. The molecule has 0 amide bonds. The Hall–Kier alpha value is -3.02. The van der Waals surface area contributed by atoms with Crippen LogP contribution in [0.25, 0.3) is 0 Å². The number of hydrogen-bond acceptors (Lipinski definition) is 6. The minimum atomic E-state index is 0.0899. The molecule has 27 heavy (non-hydrogen) atoms. The third-order valence-electron chi connectivity index (χ3n) is 3.78. The molecule has 0 aliphatic rings. The lowest BCUT2D eigenvalue weighted by molar-refractivity contribution is 0.118. The van der Waals surface area contributed by atoms with E-state index >= 15 is 0 Å². The number of nitrogens with zero attached hydrogens (tertiary/aromatic N) is 2. The fourth-order valence-corrected chi connectivity index (χ4v) is 2.48. The number of pyridine rings is 1. The second-order valence-corrected chi connectivity index (χ2v) is 5.91. The highest BCUT2D eigenvalue weighted by molar-refractivity contribution is 5.96. The fourth-order valence-electron chi connectivity index (χ4n) is 2.48. The van der Waals surface area contributed by atoms with Crippen LogP contribution >= 0.6 is 0 Å². The molecule has 0 unspecified atom stereocenters. The van der Waals surface area contributed by atoms with Crippen LogP contribution in [-0.4, -0.2) is 31.2 Å². The summed E-state index contributed by atoms with van der Waals surface area (Å²) < 4.78 is 17.1. The van der Waals surface area contributed by atoms with Gasteiger partial charge in [0.05, 0.1) is 11.9 Å². The number of oxime groups is 1. The molecule has 0 saturated carbocycles. The van der Waals surface area contributed by atoms with E-state index in [-0.39, 0.29) is 6.79 Å². The summed E-state index contributed by atoms with van der Waals surface area (Å²) in [6, 6.07) is 7.55. The maximum atomic E-state index is 5.81. The Morgan fingerprint density at radius 3 is 2.41 bits per heavy atom. The van der Waals surface area contributed by atoms with Gasteiger partial charge in [0.25, 0.3) is 0 Å². The van der Waals surface area contributed by atoms with Gasteiger partial charge in [0.1, 0.15) is 36.7 Å². The van der Waals surface area contributed by atoms with Gasteiger partial charge < -0.3 is 19.0 Å². The van der Waals surface area contributed by atoms with Crippen LogP contribution in [0.3, 0.4) is 0 Å². The van der Waals surface area contributed by atoms with Crippen molar-refractivity contribution in [1.29, 1.82) is 0 Å². The molecule has 2 aromatic rings. The van der Waals surface area contributed by atoms with E-state index in [4.69, 9.17) is 19.0 Å². The summed E-state index contributed by atoms with van der Waals surface area (Å²) in [5, 5.41) is 3.85. The second-order valence-electron chi connectivity index (χ2n) is 5.91. The van der Waals surface area contributed by atoms with Crippen LogP contribution in [0, 0.1) is 13.8 Å². The number of rotatable bonds is 9. The van der Waals surface area contributed by atoms with Crippen molar-refractivity contribution in [3.63, 3.8) is 0 Å². The predicted molar refractivity (Wildman–Crippen MR) is 106 cm³/mol. The number of hydrogen-bond donors (Lipinski definition) is 0. The van der Waals surface area contributed by atoms with Crippen molar-refractivity contribution >= 4 is 5.71 Å². The predicted octanol–water partition coefficient (Wildman–Crippen LogP) is 4.44. The van der Waals surface area contributed by atoms with Gasteiger partial charge in [-0.2, -0.15) is 0 Å². The molecular weight excluding hydrogens is 344 g/mol. The van der Waals surface area contributed by atoms with Crippen LogP contribution in [0.2, 0.25) is 0 Å². The molecule has 1 aromatic carbocycles. The topological polar surface area (TPSA) is 62.2 Å². The first-order chi connectivity index (χ1) is 13.0. The van der Waals surface area contributed by atoms with E-state index in [0.717, 1.165) is 28.3 Å². The maximum absolute atomic E-state index is 5.81. The van der Waals surface area contributed by atoms with Crippen LogP contribution in [0.4, 0.5) is 0 Å². The molecule has 2 rings (SSSR count). The smallest absolute Gasteiger partial charge is 0.230 e. The average Bonchev–Trinajstić information content (AvgIpc) is 2.65. The molecule has 1 heterocycles. The highest BCUT2D eigenvalue weighted by atomic mass is 16.7.